The number of carbonyl (C=O) groups excluding carboxylic acids is 1. The molecule has 200 valence electrons. The number of ether oxygens (including phenoxy) is 1. The molecule has 0 aromatic heterocycles. The zero-order chi connectivity index (χ0) is 26.7. The summed E-state index contributed by atoms with van der Waals surface area (Å²) < 4.78 is 34.7. The van der Waals surface area contributed by atoms with Crippen LogP contribution >= 0.6 is 0 Å². The number of fused-ring (bicyclic) bond motifs is 1. The molecule has 2 aliphatic rings. The van der Waals surface area contributed by atoms with Crippen molar-refractivity contribution in [1.82, 2.24) is 10.2 Å². The molecular formula is C30H35N3O4S. The van der Waals surface area contributed by atoms with Crippen LogP contribution in [0.3, 0.4) is 0 Å². The van der Waals surface area contributed by atoms with Gasteiger partial charge in [-0.15, -0.1) is 0 Å². The molecule has 7 nitrogen and oxygen atoms in total. The van der Waals surface area contributed by atoms with Crippen LogP contribution < -0.4 is 14.4 Å². The molecule has 0 aliphatic carbocycles. The third-order valence-electron chi connectivity index (χ3n) is 7.30. The first-order valence-electron chi connectivity index (χ1n) is 13.2. The number of likely N-dealkylation sites (tertiary alicyclic amines) is 1. The second kappa shape index (κ2) is 11.2. The van der Waals surface area contributed by atoms with E-state index in [-0.39, 0.29) is 17.3 Å². The van der Waals surface area contributed by atoms with E-state index in [2.05, 4.69) is 16.3 Å². The van der Waals surface area contributed by atoms with E-state index in [1.54, 1.807) is 36.4 Å². The Hall–Kier alpha value is -3.36. The summed E-state index contributed by atoms with van der Waals surface area (Å²) in [4.78, 5) is 16.0. The second-order valence-corrected chi connectivity index (χ2v) is 12.1. The van der Waals surface area contributed by atoms with Crippen molar-refractivity contribution >= 4 is 21.6 Å². The molecule has 0 spiro atoms. The Bertz CT molecular complexity index is 1400. The Labute approximate surface area is 225 Å². The zero-order valence-electron chi connectivity index (χ0n) is 22.0. The molecule has 3 aromatic rings. The molecule has 5 rings (SSSR count). The fraction of sp³-hybridized carbons (Fsp3) is 0.367. The molecule has 0 bridgehead atoms. The van der Waals surface area contributed by atoms with Crippen molar-refractivity contribution < 1.29 is 17.9 Å². The molecule has 1 saturated heterocycles. The van der Waals surface area contributed by atoms with E-state index >= 15 is 0 Å². The van der Waals surface area contributed by atoms with Crippen LogP contribution in [0.1, 0.15) is 41.5 Å². The summed E-state index contributed by atoms with van der Waals surface area (Å²) in [6, 6.07) is 20.3. The molecule has 1 amide bonds. The summed E-state index contributed by atoms with van der Waals surface area (Å²) in [5, 5.41) is 3.00. The Balaban J connectivity index is 1.34. The second-order valence-electron chi connectivity index (χ2n) is 10.3. The standard InChI is InChI=1S/C30H35N3O4S/c1-22-10-13-26(14-11-22)38(35,36)33-21-29(37-28-15-12-23(2)18-27(28)33)30(34)31-19-24-8-4-5-9-25(24)20-32-16-6-3-7-17-32/h4-5,8-15,18,29H,3,6-7,16-17,19-21H2,1-2H3,(H,31,34)/t29-/m1/s1. The molecule has 38 heavy (non-hydrogen) atoms. The van der Waals surface area contributed by atoms with Crippen LogP contribution in [-0.2, 0) is 27.9 Å². The van der Waals surface area contributed by atoms with Crippen LogP contribution in [0.4, 0.5) is 5.69 Å². The Morgan fingerprint density at radius 2 is 1.61 bits per heavy atom. The maximum Gasteiger partial charge on any atom is 0.264 e. The average Bonchev–Trinajstić information content (AvgIpc) is 2.92. The van der Waals surface area contributed by atoms with Crippen molar-refractivity contribution in [2.75, 3.05) is 23.9 Å². The normalized spacial score (nSPS) is 17.9. The SMILES string of the molecule is Cc1ccc(S(=O)(=O)N2C[C@H](C(=O)NCc3ccccc3CN3CCCCC3)Oc3ccc(C)cc32)cc1. The molecule has 0 radical (unpaired) electrons. The molecule has 1 fully saturated rings. The van der Waals surface area contributed by atoms with Gasteiger partial charge in [-0.1, -0.05) is 54.4 Å². The minimum atomic E-state index is -3.90. The van der Waals surface area contributed by atoms with E-state index in [0.717, 1.165) is 36.3 Å². The third-order valence-corrected chi connectivity index (χ3v) is 9.09. The molecule has 8 heteroatoms. The summed E-state index contributed by atoms with van der Waals surface area (Å²) in [6.45, 7) is 7.12. The highest BCUT2D eigenvalue weighted by Crippen LogP contribution is 2.37. The summed E-state index contributed by atoms with van der Waals surface area (Å²) in [5.41, 5.74) is 4.58. The summed E-state index contributed by atoms with van der Waals surface area (Å²) in [6.07, 6.45) is 2.76. The van der Waals surface area contributed by atoms with Crippen LogP contribution in [0.25, 0.3) is 0 Å². The number of piperidine rings is 1. The number of sulfonamides is 1. The largest absolute Gasteiger partial charge is 0.476 e. The number of aryl methyl sites for hydroxylation is 2. The first-order chi connectivity index (χ1) is 18.3. The molecule has 1 atom stereocenters. The number of carbonyl (C=O) groups is 1. The summed E-state index contributed by atoms with van der Waals surface area (Å²) in [5.74, 6) is 0.0382. The number of hydrogen-bond acceptors (Lipinski definition) is 5. The fourth-order valence-electron chi connectivity index (χ4n) is 5.10. The number of amides is 1. The lowest BCUT2D eigenvalue weighted by atomic mass is 10.0. The third kappa shape index (κ3) is 5.71. The van der Waals surface area contributed by atoms with Gasteiger partial charge in [-0.3, -0.25) is 14.0 Å². The monoisotopic (exact) mass is 533 g/mol. The van der Waals surface area contributed by atoms with Crippen molar-refractivity contribution in [3.05, 3.63) is 89.0 Å². The number of nitrogens with zero attached hydrogens (tertiary/aromatic N) is 2. The van der Waals surface area contributed by atoms with Gasteiger partial charge in [-0.2, -0.15) is 0 Å². The van der Waals surface area contributed by atoms with Gasteiger partial charge in [0.05, 0.1) is 17.1 Å². The lowest BCUT2D eigenvalue weighted by molar-refractivity contribution is -0.127. The molecular weight excluding hydrogens is 498 g/mol. The molecule has 3 aromatic carbocycles. The lowest BCUT2D eigenvalue weighted by Crippen LogP contribution is -2.50. The lowest BCUT2D eigenvalue weighted by Gasteiger charge is -2.35. The van der Waals surface area contributed by atoms with Crippen molar-refractivity contribution in [3.8, 4) is 5.75 Å². The van der Waals surface area contributed by atoms with Crippen molar-refractivity contribution in [3.63, 3.8) is 0 Å². The van der Waals surface area contributed by atoms with Crippen LogP contribution in [0.5, 0.6) is 5.75 Å². The predicted octanol–water partition coefficient (Wildman–Crippen LogP) is 4.56. The van der Waals surface area contributed by atoms with Crippen molar-refractivity contribution in [2.45, 2.75) is 57.2 Å². The van der Waals surface area contributed by atoms with Gasteiger partial charge in [0.1, 0.15) is 5.75 Å². The van der Waals surface area contributed by atoms with E-state index in [0.29, 0.717) is 18.0 Å². The van der Waals surface area contributed by atoms with E-state index in [1.165, 1.54) is 29.1 Å². The van der Waals surface area contributed by atoms with Gasteiger partial charge in [-0.05, 0) is 80.7 Å². The average molecular weight is 534 g/mol. The smallest absolute Gasteiger partial charge is 0.264 e. The van der Waals surface area contributed by atoms with Gasteiger partial charge in [-0.25, -0.2) is 8.42 Å². The molecule has 0 unspecified atom stereocenters. The number of nitrogens with one attached hydrogen (secondary N) is 1. The van der Waals surface area contributed by atoms with Gasteiger partial charge >= 0.3 is 0 Å². The Morgan fingerprint density at radius 1 is 0.921 bits per heavy atom. The first-order valence-corrected chi connectivity index (χ1v) is 14.7. The number of rotatable bonds is 7. The van der Waals surface area contributed by atoms with E-state index in [1.807, 2.05) is 38.1 Å². The van der Waals surface area contributed by atoms with Crippen LogP contribution in [0.2, 0.25) is 0 Å². The van der Waals surface area contributed by atoms with E-state index in [9.17, 15) is 13.2 Å². The van der Waals surface area contributed by atoms with Crippen LogP contribution in [0.15, 0.2) is 71.6 Å². The Morgan fingerprint density at radius 3 is 2.34 bits per heavy atom. The van der Waals surface area contributed by atoms with Crippen molar-refractivity contribution in [2.24, 2.45) is 0 Å². The summed E-state index contributed by atoms with van der Waals surface area (Å²) in [7, 11) is -3.90. The highest BCUT2D eigenvalue weighted by atomic mass is 32.2. The molecule has 2 heterocycles. The maximum absolute atomic E-state index is 13.7. The van der Waals surface area contributed by atoms with Gasteiger partial charge < -0.3 is 10.1 Å². The minimum absolute atomic E-state index is 0.103. The van der Waals surface area contributed by atoms with Crippen LogP contribution in [-0.4, -0.2) is 45.0 Å². The highest BCUT2D eigenvalue weighted by molar-refractivity contribution is 7.92. The number of hydrogen-bond donors (Lipinski definition) is 1. The fourth-order valence-corrected chi connectivity index (χ4v) is 6.57. The highest BCUT2D eigenvalue weighted by Gasteiger charge is 2.37. The molecule has 0 saturated carbocycles. The minimum Gasteiger partial charge on any atom is -0.476 e. The maximum atomic E-state index is 13.7. The van der Waals surface area contributed by atoms with Gasteiger partial charge in [0.2, 0.25) is 0 Å². The van der Waals surface area contributed by atoms with Crippen molar-refractivity contribution in [1.29, 1.82) is 0 Å². The predicted molar refractivity (Wildman–Crippen MR) is 149 cm³/mol. The van der Waals surface area contributed by atoms with E-state index < -0.39 is 16.1 Å². The van der Waals surface area contributed by atoms with Crippen LogP contribution in [0, 0.1) is 13.8 Å². The Kier molecular flexibility index (Phi) is 7.72. The molecule has 1 N–H and O–H groups in total. The van der Waals surface area contributed by atoms with Gasteiger partial charge in [0.15, 0.2) is 6.10 Å². The number of anilines is 1. The van der Waals surface area contributed by atoms with E-state index in [4.69, 9.17) is 4.74 Å². The first kappa shape index (κ1) is 26.3. The molecule has 2 aliphatic heterocycles. The van der Waals surface area contributed by atoms with Gasteiger partial charge in [0, 0.05) is 13.1 Å². The zero-order valence-corrected chi connectivity index (χ0v) is 22.8. The topological polar surface area (TPSA) is 79.0 Å². The summed E-state index contributed by atoms with van der Waals surface area (Å²) >= 11 is 0. The number of benzene rings is 3. The van der Waals surface area contributed by atoms with Gasteiger partial charge in [0.25, 0.3) is 15.9 Å². The quantitative estimate of drug-likeness (QED) is 0.482.